The van der Waals surface area contributed by atoms with Crippen LogP contribution in [0.4, 0.5) is 0 Å². The summed E-state index contributed by atoms with van der Waals surface area (Å²) in [6.07, 6.45) is 5.15. The first-order chi connectivity index (χ1) is 7.72. The number of carbonyl (C=O) groups is 1. The van der Waals surface area contributed by atoms with Gasteiger partial charge in [-0.05, 0) is 19.9 Å². The number of carbonyl (C=O) groups excluding carboxylic acids is 1. The van der Waals surface area contributed by atoms with E-state index in [1.807, 2.05) is 16.5 Å². The van der Waals surface area contributed by atoms with Gasteiger partial charge in [-0.2, -0.15) is 0 Å². The molecule has 0 saturated carbocycles. The minimum absolute atomic E-state index is 0.161. The Morgan fingerprint density at radius 2 is 2.12 bits per heavy atom. The Morgan fingerprint density at radius 3 is 2.75 bits per heavy atom. The van der Waals surface area contributed by atoms with Crippen LogP contribution < -0.4 is 0 Å². The van der Waals surface area contributed by atoms with Crippen LogP contribution in [0.15, 0.2) is 12.7 Å². The lowest BCUT2D eigenvalue weighted by atomic mass is 9.97. The van der Waals surface area contributed by atoms with E-state index in [0.29, 0.717) is 0 Å². The van der Waals surface area contributed by atoms with Gasteiger partial charge in [0.05, 0.1) is 7.11 Å². The number of hydrogen-bond donors (Lipinski definition) is 0. The van der Waals surface area contributed by atoms with Gasteiger partial charge < -0.3 is 9.30 Å². The van der Waals surface area contributed by atoms with E-state index in [1.54, 1.807) is 12.7 Å². The molecule has 0 spiro atoms. The van der Waals surface area contributed by atoms with Crippen LogP contribution in [0.1, 0.15) is 18.9 Å². The molecule has 0 aromatic carbocycles. The zero-order chi connectivity index (χ0) is 11.5. The average molecular weight is 224 g/mol. The summed E-state index contributed by atoms with van der Waals surface area (Å²) in [5.41, 5.74) is 0. The smallest absolute Gasteiger partial charge is 0.323 e. The molecule has 0 aliphatic carbocycles. The van der Waals surface area contributed by atoms with Crippen molar-refractivity contribution in [2.45, 2.75) is 24.9 Å². The van der Waals surface area contributed by atoms with Gasteiger partial charge in [-0.1, -0.05) is 0 Å². The topological polar surface area (TPSA) is 60.3 Å². The first-order valence-corrected chi connectivity index (χ1v) is 5.34. The third kappa shape index (κ3) is 2.06. The predicted molar refractivity (Wildman–Crippen MR) is 56.7 cm³/mol. The summed E-state index contributed by atoms with van der Waals surface area (Å²) in [4.78, 5) is 13.6. The lowest BCUT2D eigenvalue weighted by molar-refractivity contribution is -0.148. The van der Waals surface area contributed by atoms with E-state index < -0.39 is 0 Å². The number of hydrogen-bond acceptors (Lipinski definition) is 5. The molecule has 1 aromatic rings. The van der Waals surface area contributed by atoms with Gasteiger partial charge in [0.25, 0.3) is 0 Å². The van der Waals surface area contributed by atoms with Gasteiger partial charge in [0, 0.05) is 12.6 Å². The Balaban J connectivity index is 2.07. The Kier molecular flexibility index (Phi) is 3.19. The summed E-state index contributed by atoms with van der Waals surface area (Å²) in [5, 5.41) is 7.58. The normalized spacial score (nSPS) is 26.6. The molecule has 6 heteroatoms. The van der Waals surface area contributed by atoms with Gasteiger partial charge in [-0.3, -0.25) is 9.69 Å². The number of ether oxygens (including phenoxy) is 1. The van der Waals surface area contributed by atoms with E-state index in [2.05, 4.69) is 10.2 Å². The first-order valence-electron chi connectivity index (χ1n) is 5.34. The second-order valence-electron chi connectivity index (χ2n) is 4.11. The number of piperidine rings is 1. The summed E-state index contributed by atoms with van der Waals surface area (Å²) in [6, 6.07) is 0.126. The highest BCUT2D eigenvalue weighted by Gasteiger charge is 2.32. The van der Waals surface area contributed by atoms with Crippen molar-refractivity contribution in [1.29, 1.82) is 0 Å². The third-order valence-electron chi connectivity index (χ3n) is 3.17. The molecule has 2 atom stereocenters. The van der Waals surface area contributed by atoms with Crippen molar-refractivity contribution < 1.29 is 9.53 Å². The number of nitrogens with zero attached hydrogens (tertiary/aromatic N) is 4. The fourth-order valence-corrected chi connectivity index (χ4v) is 2.14. The minimum Gasteiger partial charge on any atom is -0.468 e. The Hall–Kier alpha value is -1.43. The zero-order valence-corrected chi connectivity index (χ0v) is 9.54. The summed E-state index contributed by atoms with van der Waals surface area (Å²) >= 11 is 0. The van der Waals surface area contributed by atoms with E-state index >= 15 is 0 Å². The zero-order valence-electron chi connectivity index (χ0n) is 9.54. The summed E-state index contributed by atoms with van der Waals surface area (Å²) < 4.78 is 6.77. The van der Waals surface area contributed by atoms with E-state index in [1.165, 1.54) is 7.11 Å². The highest BCUT2D eigenvalue weighted by Crippen LogP contribution is 2.26. The monoisotopic (exact) mass is 224 g/mol. The molecule has 2 rings (SSSR count). The molecule has 1 aromatic heterocycles. The second-order valence-corrected chi connectivity index (χ2v) is 4.11. The maximum absolute atomic E-state index is 11.6. The van der Waals surface area contributed by atoms with Crippen molar-refractivity contribution in [3.63, 3.8) is 0 Å². The molecule has 2 heterocycles. The van der Waals surface area contributed by atoms with Crippen LogP contribution in [0.25, 0.3) is 0 Å². The molecule has 1 fully saturated rings. The lowest BCUT2D eigenvalue weighted by Gasteiger charge is -2.35. The minimum atomic E-state index is -0.166. The molecule has 88 valence electrons. The summed E-state index contributed by atoms with van der Waals surface area (Å²) in [5.74, 6) is -0.166. The maximum atomic E-state index is 11.6. The number of likely N-dealkylation sites (tertiary alicyclic amines) is 1. The molecular weight excluding hydrogens is 208 g/mol. The highest BCUT2D eigenvalue weighted by molar-refractivity contribution is 5.75. The maximum Gasteiger partial charge on any atom is 0.323 e. The van der Waals surface area contributed by atoms with E-state index in [9.17, 15) is 4.79 Å². The van der Waals surface area contributed by atoms with Gasteiger partial charge in [-0.25, -0.2) is 0 Å². The van der Waals surface area contributed by atoms with Crippen LogP contribution in [-0.2, 0) is 9.53 Å². The van der Waals surface area contributed by atoms with Gasteiger partial charge >= 0.3 is 5.97 Å². The van der Waals surface area contributed by atoms with Crippen LogP contribution in [0.5, 0.6) is 0 Å². The van der Waals surface area contributed by atoms with Crippen LogP contribution in [-0.4, -0.2) is 52.4 Å². The lowest BCUT2D eigenvalue weighted by Crippen LogP contribution is -2.45. The summed E-state index contributed by atoms with van der Waals surface area (Å²) in [6.45, 7) is 0.878. The number of aromatic nitrogens is 3. The fraction of sp³-hybridized carbons (Fsp3) is 0.700. The molecule has 0 bridgehead atoms. The van der Waals surface area contributed by atoms with Crippen molar-refractivity contribution in [3.05, 3.63) is 12.7 Å². The number of likely N-dealkylation sites (N-methyl/N-ethyl adjacent to an activating group) is 1. The molecule has 16 heavy (non-hydrogen) atoms. The molecule has 0 amide bonds. The van der Waals surface area contributed by atoms with Gasteiger partial charge in [0.2, 0.25) is 0 Å². The van der Waals surface area contributed by atoms with Gasteiger partial charge in [0.15, 0.2) is 0 Å². The van der Waals surface area contributed by atoms with Crippen molar-refractivity contribution in [3.8, 4) is 0 Å². The number of esters is 1. The molecule has 1 saturated heterocycles. The number of methoxy groups -OCH3 is 1. The Labute approximate surface area is 94.2 Å². The highest BCUT2D eigenvalue weighted by atomic mass is 16.5. The molecular formula is C10H16N4O2. The van der Waals surface area contributed by atoms with Crippen LogP contribution in [0, 0.1) is 0 Å². The van der Waals surface area contributed by atoms with Crippen molar-refractivity contribution in [2.75, 3.05) is 20.7 Å². The number of rotatable bonds is 2. The summed E-state index contributed by atoms with van der Waals surface area (Å²) in [7, 11) is 3.38. The molecule has 2 unspecified atom stereocenters. The molecule has 6 nitrogen and oxygen atoms in total. The second kappa shape index (κ2) is 4.61. The SMILES string of the molecule is COC(=O)C1CC(n2cnnc2)CCN1C. The van der Waals surface area contributed by atoms with Crippen molar-refractivity contribution >= 4 is 5.97 Å². The van der Waals surface area contributed by atoms with Crippen LogP contribution in [0.2, 0.25) is 0 Å². The van der Waals surface area contributed by atoms with E-state index in [0.717, 1.165) is 19.4 Å². The quantitative estimate of drug-likeness (QED) is 0.666. The van der Waals surface area contributed by atoms with Crippen LogP contribution >= 0.6 is 0 Å². The van der Waals surface area contributed by atoms with E-state index in [4.69, 9.17) is 4.74 Å². The average Bonchev–Trinajstić information content (AvgIpc) is 2.82. The van der Waals surface area contributed by atoms with Crippen LogP contribution in [0.3, 0.4) is 0 Å². The largest absolute Gasteiger partial charge is 0.468 e. The van der Waals surface area contributed by atoms with Gasteiger partial charge in [0.1, 0.15) is 18.7 Å². The molecule has 0 N–H and O–H groups in total. The standard InChI is InChI=1S/C10H16N4O2/c1-13-4-3-8(14-6-11-12-7-14)5-9(13)10(15)16-2/h6-9H,3-5H2,1-2H3. The van der Waals surface area contributed by atoms with Crippen molar-refractivity contribution in [1.82, 2.24) is 19.7 Å². The Morgan fingerprint density at radius 1 is 1.44 bits per heavy atom. The first kappa shape index (κ1) is 11.1. The Bertz CT molecular complexity index is 352. The molecule has 1 aliphatic rings. The molecule has 0 radical (unpaired) electrons. The van der Waals surface area contributed by atoms with Gasteiger partial charge in [-0.15, -0.1) is 10.2 Å². The van der Waals surface area contributed by atoms with Crippen molar-refractivity contribution in [2.24, 2.45) is 0 Å². The predicted octanol–water partition coefficient (Wildman–Crippen LogP) is 0.0864. The fourth-order valence-electron chi connectivity index (χ4n) is 2.14. The third-order valence-corrected chi connectivity index (χ3v) is 3.17. The molecule has 1 aliphatic heterocycles. The van der Waals surface area contributed by atoms with E-state index in [-0.39, 0.29) is 18.1 Å².